The van der Waals surface area contributed by atoms with E-state index in [1.54, 1.807) is 37.5 Å². The number of hydrogen-bond acceptors (Lipinski definition) is 5. The van der Waals surface area contributed by atoms with Gasteiger partial charge < -0.3 is 9.47 Å². The van der Waals surface area contributed by atoms with Crippen molar-refractivity contribution in [3.63, 3.8) is 0 Å². The number of rotatable bonds is 4. The molecule has 0 aliphatic carbocycles. The molecule has 2 amide bonds. The number of imide groups is 1. The highest BCUT2D eigenvalue weighted by molar-refractivity contribution is 8.19. The Morgan fingerprint density at radius 3 is 2.42 bits per heavy atom. The number of nitrogens with zero attached hydrogens (tertiary/aromatic N) is 1. The summed E-state index contributed by atoms with van der Waals surface area (Å²) in [7, 11) is 3.07. The van der Waals surface area contributed by atoms with Crippen molar-refractivity contribution < 1.29 is 19.1 Å². The Morgan fingerprint density at radius 2 is 1.77 bits per heavy atom. The maximum atomic E-state index is 12.7. The maximum Gasteiger partial charge on any atom is 0.298 e. The zero-order valence-electron chi connectivity index (χ0n) is 13.8. The summed E-state index contributed by atoms with van der Waals surface area (Å²) in [4.78, 5) is 26.4. The summed E-state index contributed by atoms with van der Waals surface area (Å²) in [6.07, 6.45) is 1.60. The Hall–Kier alpha value is -2.15. The van der Waals surface area contributed by atoms with Crippen molar-refractivity contribution >= 4 is 57.9 Å². The molecule has 0 N–H and O–H groups in total. The van der Waals surface area contributed by atoms with Crippen LogP contribution in [0.25, 0.3) is 6.08 Å². The SMILES string of the molecule is COc1ccc(OC)c(/C=C2\SC(=O)N(c3ccc(Cl)c(Cl)c3)C2=O)c1. The van der Waals surface area contributed by atoms with Crippen LogP contribution in [0, 0.1) is 0 Å². The fourth-order valence-corrected chi connectivity index (χ4v) is 3.53. The fourth-order valence-electron chi connectivity index (χ4n) is 2.41. The molecule has 1 aliphatic heterocycles. The van der Waals surface area contributed by atoms with Gasteiger partial charge in [0, 0.05) is 5.56 Å². The van der Waals surface area contributed by atoms with Gasteiger partial charge in [0.2, 0.25) is 0 Å². The Morgan fingerprint density at radius 1 is 1.00 bits per heavy atom. The van der Waals surface area contributed by atoms with Crippen molar-refractivity contribution in [3.05, 3.63) is 56.9 Å². The number of methoxy groups -OCH3 is 2. The summed E-state index contributed by atoms with van der Waals surface area (Å²) < 4.78 is 10.5. The number of amides is 2. The molecule has 26 heavy (non-hydrogen) atoms. The van der Waals surface area contributed by atoms with Gasteiger partial charge in [0.1, 0.15) is 11.5 Å². The summed E-state index contributed by atoms with van der Waals surface area (Å²) in [5.41, 5.74) is 0.995. The third kappa shape index (κ3) is 3.53. The number of ether oxygens (including phenoxy) is 2. The number of hydrogen-bond donors (Lipinski definition) is 0. The first-order valence-electron chi connectivity index (χ1n) is 7.39. The van der Waals surface area contributed by atoms with Crippen molar-refractivity contribution in [2.24, 2.45) is 0 Å². The average molecular weight is 410 g/mol. The first-order chi connectivity index (χ1) is 12.4. The van der Waals surface area contributed by atoms with Crippen LogP contribution in [0.2, 0.25) is 10.0 Å². The van der Waals surface area contributed by atoms with E-state index < -0.39 is 11.1 Å². The van der Waals surface area contributed by atoms with Crippen molar-refractivity contribution in [2.75, 3.05) is 19.1 Å². The van der Waals surface area contributed by atoms with Crippen molar-refractivity contribution in [3.8, 4) is 11.5 Å². The lowest BCUT2D eigenvalue weighted by Gasteiger charge is -2.13. The van der Waals surface area contributed by atoms with E-state index in [1.165, 1.54) is 19.2 Å². The molecule has 3 rings (SSSR count). The van der Waals surface area contributed by atoms with Crippen LogP contribution < -0.4 is 14.4 Å². The molecule has 0 radical (unpaired) electrons. The summed E-state index contributed by atoms with van der Waals surface area (Å²) in [6.45, 7) is 0. The van der Waals surface area contributed by atoms with Crippen LogP contribution in [0.4, 0.5) is 10.5 Å². The maximum absolute atomic E-state index is 12.7. The van der Waals surface area contributed by atoms with Gasteiger partial charge in [-0.2, -0.15) is 0 Å². The number of anilines is 1. The van der Waals surface area contributed by atoms with E-state index >= 15 is 0 Å². The smallest absolute Gasteiger partial charge is 0.298 e. The molecule has 0 unspecified atom stereocenters. The Kier molecular flexibility index (Phi) is 5.46. The molecule has 134 valence electrons. The molecule has 2 aromatic carbocycles. The first kappa shape index (κ1) is 18.6. The Labute approximate surface area is 164 Å². The highest BCUT2D eigenvalue weighted by Gasteiger charge is 2.36. The van der Waals surface area contributed by atoms with Crippen molar-refractivity contribution in [2.45, 2.75) is 0 Å². The lowest BCUT2D eigenvalue weighted by molar-refractivity contribution is -0.113. The molecule has 0 bridgehead atoms. The summed E-state index contributed by atoms with van der Waals surface area (Å²) in [5, 5.41) is 0.196. The molecule has 0 aromatic heterocycles. The van der Waals surface area contributed by atoms with Crippen LogP contribution >= 0.6 is 35.0 Å². The predicted molar refractivity (Wildman–Crippen MR) is 104 cm³/mol. The fraction of sp³-hybridized carbons (Fsp3) is 0.111. The van der Waals surface area contributed by atoms with Gasteiger partial charge in [-0.25, -0.2) is 4.90 Å². The number of benzene rings is 2. The number of carbonyl (C=O) groups excluding carboxylic acids is 2. The van der Waals surface area contributed by atoms with E-state index in [9.17, 15) is 9.59 Å². The van der Waals surface area contributed by atoms with Gasteiger partial charge in [-0.15, -0.1) is 0 Å². The van der Waals surface area contributed by atoms with Crippen LogP contribution in [0.3, 0.4) is 0 Å². The highest BCUT2D eigenvalue weighted by Crippen LogP contribution is 2.39. The summed E-state index contributed by atoms with van der Waals surface area (Å²) in [6, 6.07) is 9.80. The molecule has 0 spiro atoms. The highest BCUT2D eigenvalue weighted by atomic mass is 35.5. The zero-order chi connectivity index (χ0) is 18.8. The molecule has 5 nitrogen and oxygen atoms in total. The zero-order valence-corrected chi connectivity index (χ0v) is 16.1. The van der Waals surface area contributed by atoms with Crippen LogP contribution in [0.15, 0.2) is 41.3 Å². The van der Waals surface area contributed by atoms with E-state index in [0.29, 0.717) is 27.8 Å². The average Bonchev–Trinajstić information content (AvgIpc) is 2.91. The molecule has 1 fully saturated rings. The van der Waals surface area contributed by atoms with Gasteiger partial charge in [-0.1, -0.05) is 23.2 Å². The van der Waals surface area contributed by atoms with Crippen LogP contribution in [-0.2, 0) is 4.79 Å². The Balaban J connectivity index is 1.98. The predicted octanol–water partition coefficient (Wildman–Crippen LogP) is 5.25. The third-order valence-electron chi connectivity index (χ3n) is 3.68. The minimum Gasteiger partial charge on any atom is -0.497 e. The monoisotopic (exact) mass is 409 g/mol. The van der Waals surface area contributed by atoms with Crippen LogP contribution in [0.1, 0.15) is 5.56 Å². The largest absolute Gasteiger partial charge is 0.497 e. The van der Waals surface area contributed by atoms with Crippen LogP contribution in [-0.4, -0.2) is 25.4 Å². The van der Waals surface area contributed by atoms with Gasteiger partial charge in [0.05, 0.1) is 34.9 Å². The van der Waals surface area contributed by atoms with E-state index in [4.69, 9.17) is 32.7 Å². The second-order valence-electron chi connectivity index (χ2n) is 5.22. The number of thioether (sulfide) groups is 1. The topological polar surface area (TPSA) is 55.8 Å². The van der Waals surface area contributed by atoms with Crippen LogP contribution in [0.5, 0.6) is 11.5 Å². The van der Waals surface area contributed by atoms with Gasteiger partial charge >= 0.3 is 0 Å². The molecule has 1 aliphatic rings. The van der Waals surface area contributed by atoms with E-state index in [-0.39, 0.29) is 9.93 Å². The quantitative estimate of drug-likeness (QED) is 0.645. The summed E-state index contributed by atoms with van der Waals surface area (Å²) in [5.74, 6) is 0.733. The summed E-state index contributed by atoms with van der Waals surface area (Å²) >= 11 is 12.7. The molecule has 8 heteroatoms. The van der Waals surface area contributed by atoms with E-state index in [0.717, 1.165) is 16.7 Å². The lowest BCUT2D eigenvalue weighted by Crippen LogP contribution is -2.27. The second-order valence-corrected chi connectivity index (χ2v) is 7.03. The minimum absolute atomic E-state index is 0.265. The first-order valence-corrected chi connectivity index (χ1v) is 8.97. The van der Waals surface area contributed by atoms with Gasteiger partial charge in [-0.3, -0.25) is 9.59 Å². The normalized spacial score (nSPS) is 15.7. The minimum atomic E-state index is -0.441. The van der Waals surface area contributed by atoms with Crippen molar-refractivity contribution in [1.82, 2.24) is 0 Å². The second kappa shape index (κ2) is 7.61. The van der Waals surface area contributed by atoms with Crippen molar-refractivity contribution in [1.29, 1.82) is 0 Å². The standard InChI is InChI=1S/C18H13Cl2NO4S/c1-24-12-4-6-15(25-2)10(7-12)8-16-17(22)21(18(23)26-16)11-3-5-13(19)14(20)9-11/h3-9H,1-2H3/b16-8-. The van der Waals surface area contributed by atoms with E-state index in [2.05, 4.69) is 0 Å². The molecule has 1 heterocycles. The number of carbonyl (C=O) groups is 2. The lowest BCUT2D eigenvalue weighted by atomic mass is 10.1. The van der Waals surface area contributed by atoms with Gasteiger partial charge in [0.15, 0.2) is 0 Å². The molecular formula is C18H13Cl2NO4S. The third-order valence-corrected chi connectivity index (χ3v) is 5.29. The van der Waals surface area contributed by atoms with Gasteiger partial charge in [-0.05, 0) is 54.2 Å². The molecular weight excluding hydrogens is 397 g/mol. The molecule has 0 atom stereocenters. The molecule has 0 saturated carbocycles. The van der Waals surface area contributed by atoms with E-state index in [1.807, 2.05) is 0 Å². The molecule has 2 aromatic rings. The number of halogens is 2. The molecule has 1 saturated heterocycles. The Bertz CT molecular complexity index is 929. The van der Waals surface area contributed by atoms with Gasteiger partial charge in [0.25, 0.3) is 11.1 Å².